The Morgan fingerprint density at radius 1 is 1.27 bits per heavy atom. The number of anilines is 1. The van der Waals surface area contributed by atoms with Crippen molar-refractivity contribution in [1.29, 1.82) is 0 Å². The summed E-state index contributed by atoms with van der Waals surface area (Å²) in [7, 11) is 0. The lowest BCUT2D eigenvalue weighted by molar-refractivity contribution is -0.144. The molecule has 1 saturated heterocycles. The number of aliphatic carboxylic acids is 1. The zero-order valence-electron chi connectivity index (χ0n) is 16.0. The Morgan fingerprint density at radius 2 is 1.97 bits per heavy atom. The predicted molar refractivity (Wildman–Crippen MR) is 119 cm³/mol. The first kappa shape index (κ1) is 21.7. The molecule has 0 bridgehead atoms. The number of carbonyl (C=O) groups excluding carboxylic acids is 2. The van der Waals surface area contributed by atoms with Gasteiger partial charge in [0.05, 0.1) is 5.69 Å². The Morgan fingerprint density at radius 3 is 2.63 bits per heavy atom. The molecule has 1 heterocycles. The first-order chi connectivity index (χ1) is 14.2. The summed E-state index contributed by atoms with van der Waals surface area (Å²) in [4.78, 5) is 38.1. The number of benzene rings is 2. The van der Waals surface area contributed by atoms with Gasteiger partial charge < -0.3 is 9.84 Å². The van der Waals surface area contributed by atoms with E-state index in [0.29, 0.717) is 11.3 Å². The van der Waals surface area contributed by atoms with E-state index in [-0.39, 0.29) is 16.4 Å². The number of nitrogens with one attached hydrogen (secondary N) is 1. The van der Waals surface area contributed by atoms with E-state index in [1.54, 1.807) is 36.4 Å². The van der Waals surface area contributed by atoms with Gasteiger partial charge in [0.25, 0.3) is 11.8 Å². The fourth-order valence-electron chi connectivity index (χ4n) is 2.85. The van der Waals surface area contributed by atoms with Crippen molar-refractivity contribution in [3.63, 3.8) is 0 Å². The minimum Gasteiger partial charge on any atom is -0.479 e. The Bertz CT molecular complexity index is 1100. The molecule has 0 radical (unpaired) electrons. The van der Waals surface area contributed by atoms with Crippen LogP contribution in [0.25, 0.3) is 6.08 Å². The van der Waals surface area contributed by atoms with E-state index >= 15 is 0 Å². The Kier molecular flexibility index (Phi) is 6.33. The van der Waals surface area contributed by atoms with Crippen molar-refractivity contribution >= 4 is 62.8 Å². The Balaban J connectivity index is 2.03. The molecule has 30 heavy (non-hydrogen) atoms. The summed E-state index contributed by atoms with van der Waals surface area (Å²) in [5, 5.41) is 11.6. The highest BCUT2D eigenvalue weighted by atomic mass is 79.9. The van der Waals surface area contributed by atoms with Gasteiger partial charge in [0.1, 0.15) is 11.3 Å². The van der Waals surface area contributed by atoms with Crippen molar-refractivity contribution in [3.05, 3.63) is 63.6 Å². The number of aryl methyl sites for hydroxylation is 1. The minimum absolute atomic E-state index is 0.0170. The lowest BCUT2D eigenvalue weighted by Gasteiger charge is -2.30. The van der Waals surface area contributed by atoms with Crippen LogP contribution in [0.4, 0.5) is 5.69 Å². The third-order valence-electron chi connectivity index (χ3n) is 4.37. The number of hydrogen-bond acceptors (Lipinski definition) is 5. The van der Waals surface area contributed by atoms with Crippen LogP contribution < -0.4 is 15.0 Å². The Hall–Kier alpha value is -3.04. The molecule has 1 atom stereocenters. The van der Waals surface area contributed by atoms with Gasteiger partial charge in [-0.1, -0.05) is 34.1 Å². The largest absolute Gasteiger partial charge is 0.479 e. The predicted octanol–water partition coefficient (Wildman–Crippen LogP) is 3.44. The number of hydrogen-bond donors (Lipinski definition) is 2. The zero-order chi connectivity index (χ0) is 22.0. The van der Waals surface area contributed by atoms with Crippen LogP contribution in [0, 0.1) is 6.92 Å². The van der Waals surface area contributed by atoms with E-state index in [2.05, 4.69) is 21.2 Å². The molecule has 0 aliphatic carbocycles. The average molecular weight is 489 g/mol. The molecule has 9 heteroatoms. The van der Waals surface area contributed by atoms with Crippen molar-refractivity contribution in [3.8, 4) is 5.75 Å². The normalized spacial score (nSPS) is 16.4. The molecule has 0 saturated carbocycles. The number of thiocarbonyl (C=S) groups is 1. The van der Waals surface area contributed by atoms with Crippen LogP contribution in [-0.4, -0.2) is 34.1 Å². The summed E-state index contributed by atoms with van der Waals surface area (Å²) < 4.78 is 6.30. The monoisotopic (exact) mass is 488 g/mol. The maximum atomic E-state index is 13.2. The molecular formula is C21H17BrN2O5S. The highest BCUT2D eigenvalue weighted by Crippen LogP contribution is 2.29. The first-order valence-electron chi connectivity index (χ1n) is 8.85. The van der Waals surface area contributed by atoms with Gasteiger partial charge in [0, 0.05) is 10.0 Å². The quantitative estimate of drug-likeness (QED) is 0.380. The van der Waals surface area contributed by atoms with Crippen molar-refractivity contribution in [1.82, 2.24) is 5.32 Å². The number of para-hydroxylation sites is 1. The van der Waals surface area contributed by atoms with Gasteiger partial charge >= 0.3 is 5.97 Å². The summed E-state index contributed by atoms with van der Waals surface area (Å²) in [5.41, 5.74) is 1.58. The molecular weight excluding hydrogens is 472 g/mol. The van der Waals surface area contributed by atoms with Gasteiger partial charge in [0.2, 0.25) is 0 Å². The van der Waals surface area contributed by atoms with E-state index in [1.165, 1.54) is 17.9 Å². The molecule has 1 aliphatic rings. The zero-order valence-corrected chi connectivity index (χ0v) is 18.4. The molecule has 154 valence electrons. The maximum absolute atomic E-state index is 13.2. The third-order valence-corrected chi connectivity index (χ3v) is 5.15. The van der Waals surface area contributed by atoms with Crippen LogP contribution in [0.3, 0.4) is 0 Å². The SMILES string of the molecule is Cc1cc(Br)ccc1N1C(=O)/C(=C/c2ccccc2O[C@@H](C)C(=O)O)C(=O)NC1=S. The molecule has 1 aliphatic heterocycles. The molecule has 2 aromatic rings. The number of carboxylic acid groups (broad SMARTS) is 1. The third kappa shape index (κ3) is 4.42. The van der Waals surface area contributed by atoms with Crippen LogP contribution in [0.1, 0.15) is 18.1 Å². The summed E-state index contributed by atoms with van der Waals surface area (Å²) in [6, 6.07) is 11.9. The molecule has 0 aromatic heterocycles. The van der Waals surface area contributed by atoms with Crippen LogP contribution in [0.5, 0.6) is 5.75 Å². The summed E-state index contributed by atoms with van der Waals surface area (Å²) in [6.45, 7) is 3.22. The maximum Gasteiger partial charge on any atom is 0.344 e. The molecule has 1 fully saturated rings. The van der Waals surface area contributed by atoms with Gasteiger partial charge in [-0.05, 0) is 62.0 Å². The second-order valence-corrected chi connectivity index (χ2v) is 7.83. The molecule has 0 unspecified atom stereocenters. The van der Waals surface area contributed by atoms with Crippen LogP contribution in [0.2, 0.25) is 0 Å². The number of amides is 2. The number of carboxylic acids is 1. The molecule has 3 rings (SSSR count). The fraction of sp³-hybridized carbons (Fsp3) is 0.143. The summed E-state index contributed by atoms with van der Waals surface area (Å²) >= 11 is 8.61. The Labute approximate surface area is 186 Å². The van der Waals surface area contributed by atoms with Crippen LogP contribution in [0.15, 0.2) is 52.5 Å². The lowest BCUT2D eigenvalue weighted by Crippen LogP contribution is -2.54. The number of halogens is 1. The topological polar surface area (TPSA) is 95.9 Å². The van der Waals surface area contributed by atoms with E-state index in [4.69, 9.17) is 22.1 Å². The van der Waals surface area contributed by atoms with Gasteiger partial charge in [-0.3, -0.25) is 19.8 Å². The lowest BCUT2D eigenvalue weighted by atomic mass is 10.1. The van der Waals surface area contributed by atoms with Gasteiger partial charge in [0.15, 0.2) is 11.2 Å². The highest BCUT2D eigenvalue weighted by molar-refractivity contribution is 9.10. The summed E-state index contributed by atoms with van der Waals surface area (Å²) in [5.74, 6) is -2.13. The summed E-state index contributed by atoms with van der Waals surface area (Å²) in [6.07, 6.45) is 0.264. The average Bonchev–Trinajstić information content (AvgIpc) is 2.67. The molecule has 2 aromatic carbocycles. The second-order valence-electron chi connectivity index (χ2n) is 6.52. The molecule has 2 amide bonds. The molecule has 0 spiro atoms. The highest BCUT2D eigenvalue weighted by Gasteiger charge is 2.35. The van der Waals surface area contributed by atoms with Crippen molar-refractivity contribution < 1.29 is 24.2 Å². The minimum atomic E-state index is -1.13. The number of carbonyl (C=O) groups is 3. The van der Waals surface area contributed by atoms with Crippen LogP contribution in [-0.2, 0) is 14.4 Å². The number of rotatable bonds is 5. The van der Waals surface area contributed by atoms with Gasteiger partial charge in [-0.15, -0.1) is 0 Å². The smallest absolute Gasteiger partial charge is 0.344 e. The molecule has 2 N–H and O–H groups in total. The van der Waals surface area contributed by atoms with E-state index in [0.717, 1.165) is 10.0 Å². The fourth-order valence-corrected chi connectivity index (χ4v) is 3.60. The standard InChI is InChI=1S/C21H17BrN2O5S/c1-11-9-14(22)7-8-16(11)24-19(26)15(18(25)23-21(24)30)10-13-5-3-4-6-17(13)29-12(2)20(27)28/h3-10,12H,1-2H3,(H,27,28)(H,23,25,30)/b15-10+/t12-/m0/s1. The number of nitrogens with zero attached hydrogens (tertiary/aromatic N) is 1. The number of ether oxygens (including phenoxy) is 1. The van der Waals surface area contributed by atoms with Crippen molar-refractivity contribution in [2.24, 2.45) is 0 Å². The first-order valence-corrected chi connectivity index (χ1v) is 10.0. The van der Waals surface area contributed by atoms with E-state index in [1.807, 2.05) is 13.0 Å². The van der Waals surface area contributed by atoms with E-state index < -0.39 is 23.9 Å². The van der Waals surface area contributed by atoms with Gasteiger partial charge in [-0.25, -0.2) is 4.79 Å². The van der Waals surface area contributed by atoms with Gasteiger partial charge in [-0.2, -0.15) is 0 Å². The molecule has 7 nitrogen and oxygen atoms in total. The van der Waals surface area contributed by atoms with Crippen molar-refractivity contribution in [2.45, 2.75) is 20.0 Å². The second kappa shape index (κ2) is 8.76. The van der Waals surface area contributed by atoms with E-state index in [9.17, 15) is 14.4 Å². The van der Waals surface area contributed by atoms with Crippen LogP contribution >= 0.6 is 28.1 Å². The van der Waals surface area contributed by atoms with Crippen molar-refractivity contribution in [2.75, 3.05) is 4.90 Å².